The summed E-state index contributed by atoms with van der Waals surface area (Å²) in [6, 6.07) is 5.72. The van der Waals surface area contributed by atoms with Crippen LogP contribution in [0, 0.1) is 0 Å². The highest BCUT2D eigenvalue weighted by Gasteiger charge is 1.81. The molecule has 0 radical (unpaired) electrons. The zero-order valence-electron chi connectivity index (χ0n) is 6.10. The number of hydroxylamine groups is 1. The fourth-order valence-corrected chi connectivity index (χ4v) is 0.553. The Morgan fingerprint density at radius 3 is 2.18 bits per heavy atom. The van der Waals surface area contributed by atoms with Crippen LogP contribution in [-0.2, 0) is 4.84 Å². The number of hydrogen-bond acceptors (Lipinski definition) is 3. The van der Waals surface area contributed by atoms with Crippen LogP contribution in [0.25, 0.3) is 0 Å². The molecule has 1 aromatic heterocycles. The zero-order chi connectivity index (χ0) is 7.78. The van der Waals surface area contributed by atoms with Gasteiger partial charge in [-0.25, -0.2) is 0 Å². The summed E-state index contributed by atoms with van der Waals surface area (Å²) in [6.45, 7) is 0.847. The number of nitrogens with zero attached hydrogens (tertiary/aromatic N) is 1. The molecule has 0 spiro atoms. The number of rotatable bonds is 0. The molecule has 0 bridgehead atoms. The molecule has 1 aliphatic rings. The molecule has 0 amide bonds. The van der Waals surface area contributed by atoms with Crippen LogP contribution in [0.1, 0.15) is 0 Å². The third-order valence-electron chi connectivity index (χ3n) is 1.02. The van der Waals surface area contributed by atoms with E-state index in [1.165, 1.54) is 0 Å². The van der Waals surface area contributed by atoms with Crippen LogP contribution in [0.5, 0.6) is 0 Å². The van der Waals surface area contributed by atoms with Crippen LogP contribution in [0.15, 0.2) is 42.9 Å². The van der Waals surface area contributed by atoms with E-state index < -0.39 is 0 Å². The summed E-state index contributed by atoms with van der Waals surface area (Å²) < 4.78 is 0. The van der Waals surface area contributed by atoms with E-state index in [9.17, 15) is 0 Å². The van der Waals surface area contributed by atoms with Gasteiger partial charge in [0.15, 0.2) is 0 Å². The molecule has 0 aromatic carbocycles. The van der Waals surface area contributed by atoms with Crippen LogP contribution in [0.4, 0.5) is 0 Å². The van der Waals surface area contributed by atoms with Gasteiger partial charge in [-0.1, -0.05) is 6.07 Å². The first kappa shape index (κ1) is 7.75. The van der Waals surface area contributed by atoms with Crippen molar-refractivity contribution in [3.05, 3.63) is 42.9 Å². The van der Waals surface area contributed by atoms with E-state index in [1.807, 2.05) is 24.3 Å². The van der Waals surface area contributed by atoms with Gasteiger partial charge in [-0.15, -0.1) is 0 Å². The molecule has 0 unspecified atom stereocenters. The summed E-state index contributed by atoms with van der Waals surface area (Å²) in [6.07, 6.45) is 7.03. The van der Waals surface area contributed by atoms with Crippen molar-refractivity contribution in [1.29, 1.82) is 0 Å². The van der Waals surface area contributed by atoms with E-state index in [2.05, 4.69) is 15.3 Å². The number of aromatic nitrogens is 1. The summed E-state index contributed by atoms with van der Waals surface area (Å²) in [4.78, 5) is 8.30. The lowest BCUT2D eigenvalue weighted by Gasteiger charge is -1.82. The van der Waals surface area contributed by atoms with E-state index in [1.54, 1.807) is 18.7 Å². The maximum absolute atomic E-state index is 4.51. The summed E-state index contributed by atoms with van der Waals surface area (Å²) in [5, 5.41) is 0. The predicted octanol–water partition coefficient (Wildman–Crippen LogP) is 1.12. The van der Waals surface area contributed by atoms with Crippen molar-refractivity contribution in [3.63, 3.8) is 0 Å². The summed E-state index contributed by atoms with van der Waals surface area (Å²) in [5.74, 6) is 0. The molecule has 1 aliphatic heterocycles. The maximum Gasteiger partial charge on any atom is 0.108 e. The Hall–Kier alpha value is -1.35. The minimum atomic E-state index is 0.847. The molecule has 0 saturated heterocycles. The fraction of sp³-hybridized carbons (Fsp3) is 0.125. The van der Waals surface area contributed by atoms with Gasteiger partial charge in [-0.2, -0.15) is 5.48 Å². The second-order valence-electron chi connectivity index (χ2n) is 1.86. The van der Waals surface area contributed by atoms with Gasteiger partial charge in [0.05, 0.1) is 6.54 Å². The highest BCUT2D eigenvalue weighted by Crippen LogP contribution is 1.77. The zero-order valence-corrected chi connectivity index (χ0v) is 6.10. The quantitative estimate of drug-likeness (QED) is 0.601. The van der Waals surface area contributed by atoms with Crippen LogP contribution in [0.3, 0.4) is 0 Å². The van der Waals surface area contributed by atoms with Gasteiger partial charge in [0.2, 0.25) is 0 Å². The summed E-state index contributed by atoms with van der Waals surface area (Å²) in [5.41, 5.74) is 2.61. The van der Waals surface area contributed by atoms with Crippen molar-refractivity contribution in [1.82, 2.24) is 10.5 Å². The van der Waals surface area contributed by atoms with Crippen LogP contribution >= 0.6 is 0 Å². The Morgan fingerprint density at radius 2 is 2.00 bits per heavy atom. The van der Waals surface area contributed by atoms with E-state index >= 15 is 0 Å². The van der Waals surface area contributed by atoms with Gasteiger partial charge in [0, 0.05) is 12.4 Å². The van der Waals surface area contributed by atoms with Gasteiger partial charge in [0.1, 0.15) is 6.26 Å². The lowest BCUT2D eigenvalue weighted by atomic mass is 10.5. The van der Waals surface area contributed by atoms with Crippen LogP contribution in [-0.4, -0.2) is 11.5 Å². The Morgan fingerprint density at radius 1 is 1.18 bits per heavy atom. The Bertz CT molecular complexity index is 166. The molecule has 11 heavy (non-hydrogen) atoms. The van der Waals surface area contributed by atoms with Crippen molar-refractivity contribution < 1.29 is 4.84 Å². The van der Waals surface area contributed by atoms with Crippen LogP contribution in [0.2, 0.25) is 0 Å². The van der Waals surface area contributed by atoms with Crippen molar-refractivity contribution in [2.24, 2.45) is 0 Å². The molecule has 58 valence electrons. The molecular formula is C8H10N2O. The molecule has 0 aliphatic carbocycles. The Labute approximate surface area is 65.7 Å². The molecule has 0 fully saturated rings. The number of pyridine rings is 1. The average molecular weight is 150 g/mol. The SMILES string of the molecule is C1=CONC1.c1ccncc1. The molecule has 0 saturated carbocycles. The largest absolute Gasteiger partial charge is 0.417 e. The molecule has 1 aromatic rings. The molecule has 2 rings (SSSR count). The molecular weight excluding hydrogens is 140 g/mol. The third kappa shape index (κ3) is 4.11. The van der Waals surface area contributed by atoms with E-state index in [-0.39, 0.29) is 0 Å². The lowest BCUT2D eigenvalue weighted by molar-refractivity contribution is 0.168. The normalized spacial score (nSPS) is 13.1. The lowest BCUT2D eigenvalue weighted by Crippen LogP contribution is -2.02. The average Bonchev–Trinajstić information content (AvgIpc) is 2.64. The van der Waals surface area contributed by atoms with E-state index in [0.717, 1.165) is 6.54 Å². The second-order valence-corrected chi connectivity index (χ2v) is 1.86. The molecule has 0 atom stereocenters. The van der Waals surface area contributed by atoms with Crippen molar-refractivity contribution in [2.75, 3.05) is 6.54 Å². The van der Waals surface area contributed by atoms with Gasteiger partial charge in [-0.05, 0) is 18.2 Å². The number of hydrogen-bond donors (Lipinski definition) is 1. The van der Waals surface area contributed by atoms with Crippen molar-refractivity contribution in [2.45, 2.75) is 0 Å². The molecule has 2 heterocycles. The Kier molecular flexibility index (Phi) is 3.83. The smallest absolute Gasteiger partial charge is 0.108 e. The molecule has 3 nitrogen and oxygen atoms in total. The van der Waals surface area contributed by atoms with Gasteiger partial charge >= 0.3 is 0 Å². The van der Waals surface area contributed by atoms with Gasteiger partial charge in [-0.3, -0.25) is 4.98 Å². The first-order valence-electron chi connectivity index (χ1n) is 3.38. The van der Waals surface area contributed by atoms with Crippen molar-refractivity contribution >= 4 is 0 Å². The standard InChI is InChI=1S/C5H5N.C3H5NO/c1-2-4-6-5-3-1;1-2-4-5-3-1/h1-5H;1,3-4H,2H2. The third-order valence-corrected chi connectivity index (χ3v) is 1.02. The second kappa shape index (κ2) is 5.44. The monoisotopic (exact) mass is 150 g/mol. The van der Waals surface area contributed by atoms with E-state index in [4.69, 9.17) is 0 Å². The first-order chi connectivity index (χ1) is 5.50. The summed E-state index contributed by atoms with van der Waals surface area (Å²) in [7, 11) is 0. The van der Waals surface area contributed by atoms with E-state index in [0.29, 0.717) is 0 Å². The first-order valence-corrected chi connectivity index (χ1v) is 3.38. The molecule has 3 heteroatoms. The minimum Gasteiger partial charge on any atom is -0.417 e. The fourth-order valence-electron chi connectivity index (χ4n) is 0.553. The summed E-state index contributed by atoms with van der Waals surface area (Å²) >= 11 is 0. The van der Waals surface area contributed by atoms with Gasteiger partial charge in [0.25, 0.3) is 0 Å². The minimum absolute atomic E-state index is 0.847. The predicted molar refractivity (Wildman–Crippen MR) is 42.5 cm³/mol. The Balaban J connectivity index is 0.000000112. The van der Waals surface area contributed by atoms with Gasteiger partial charge < -0.3 is 4.84 Å². The highest BCUT2D eigenvalue weighted by atomic mass is 16.6. The van der Waals surface area contributed by atoms with Crippen LogP contribution < -0.4 is 5.48 Å². The molecule has 1 N–H and O–H groups in total. The topological polar surface area (TPSA) is 34.1 Å². The maximum atomic E-state index is 4.51. The highest BCUT2D eigenvalue weighted by molar-refractivity contribution is 4.88. The van der Waals surface area contributed by atoms with Crippen molar-refractivity contribution in [3.8, 4) is 0 Å². The number of nitrogens with one attached hydrogen (secondary N) is 1.